The molecule has 0 N–H and O–H groups in total. The van der Waals surface area contributed by atoms with E-state index in [1.807, 2.05) is 13.0 Å². The van der Waals surface area contributed by atoms with Crippen molar-refractivity contribution in [2.75, 3.05) is 0 Å². The molecule has 0 aliphatic carbocycles. The molecule has 0 aromatic carbocycles. The molecule has 104 valence electrons. The van der Waals surface area contributed by atoms with Gasteiger partial charge in [-0.25, -0.2) is 9.97 Å². The quantitative estimate of drug-likeness (QED) is 0.711. The summed E-state index contributed by atoms with van der Waals surface area (Å²) in [4.78, 5) is 12.4. The fraction of sp³-hybridized carbons (Fsp3) is 0.231. The van der Waals surface area contributed by atoms with Gasteiger partial charge in [-0.3, -0.25) is 0 Å². The van der Waals surface area contributed by atoms with E-state index in [0.717, 1.165) is 5.56 Å². The molecule has 3 aromatic rings. The van der Waals surface area contributed by atoms with Crippen LogP contribution in [-0.4, -0.2) is 25.3 Å². The lowest BCUT2D eigenvalue weighted by Gasteiger charge is -1.92. The Kier molecular flexibility index (Phi) is 3.16. The van der Waals surface area contributed by atoms with Crippen molar-refractivity contribution in [3.8, 4) is 17.7 Å². The van der Waals surface area contributed by atoms with Crippen molar-refractivity contribution in [2.45, 2.75) is 20.3 Å². The van der Waals surface area contributed by atoms with E-state index < -0.39 is 0 Å². The number of aryl methyl sites for hydroxylation is 2. The molecule has 21 heavy (non-hydrogen) atoms. The smallest absolute Gasteiger partial charge is 0.240 e. The summed E-state index contributed by atoms with van der Waals surface area (Å²) in [5, 5.41) is 16.7. The Labute approximate surface area is 119 Å². The number of aromatic nitrogens is 5. The van der Waals surface area contributed by atoms with Crippen molar-refractivity contribution in [3.05, 3.63) is 40.9 Å². The Balaban J connectivity index is 1.85. The van der Waals surface area contributed by atoms with Gasteiger partial charge in [0, 0.05) is 12.4 Å². The maximum Gasteiger partial charge on any atom is 0.240 e. The summed E-state index contributed by atoms with van der Waals surface area (Å²) in [6.07, 6.45) is 3.57. The predicted molar refractivity (Wildman–Crippen MR) is 68.8 cm³/mol. The third-order valence-corrected chi connectivity index (χ3v) is 2.81. The van der Waals surface area contributed by atoms with Gasteiger partial charge in [-0.2, -0.15) is 10.2 Å². The molecule has 0 aliphatic heterocycles. The van der Waals surface area contributed by atoms with Crippen LogP contribution in [0.2, 0.25) is 0 Å². The molecule has 3 rings (SSSR count). The Morgan fingerprint density at radius 3 is 2.57 bits per heavy atom. The minimum atomic E-state index is 0.221. The maximum atomic E-state index is 9.04. The summed E-state index contributed by atoms with van der Waals surface area (Å²) < 4.78 is 10.1. The van der Waals surface area contributed by atoms with Crippen LogP contribution in [0, 0.1) is 25.2 Å². The fourth-order valence-electron chi connectivity index (χ4n) is 1.75. The lowest BCUT2D eigenvalue weighted by atomic mass is 10.2. The first-order valence-corrected chi connectivity index (χ1v) is 6.14. The topological polar surface area (TPSA) is 115 Å². The van der Waals surface area contributed by atoms with Crippen molar-refractivity contribution in [1.82, 2.24) is 25.3 Å². The summed E-state index contributed by atoms with van der Waals surface area (Å²) in [5.41, 5.74) is 1.80. The summed E-state index contributed by atoms with van der Waals surface area (Å²) >= 11 is 0. The summed E-state index contributed by atoms with van der Waals surface area (Å²) in [6.45, 7) is 3.57. The minimum absolute atomic E-state index is 0.221. The average Bonchev–Trinajstić information content (AvgIpc) is 3.07. The number of rotatable bonds is 3. The molecule has 0 spiro atoms. The lowest BCUT2D eigenvalue weighted by molar-refractivity contribution is 0.371. The Morgan fingerprint density at radius 2 is 1.86 bits per heavy atom. The fourth-order valence-corrected chi connectivity index (χ4v) is 1.75. The van der Waals surface area contributed by atoms with Crippen LogP contribution < -0.4 is 0 Å². The molecule has 3 heterocycles. The van der Waals surface area contributed by atoms with Crippen LogP contribution in [0.4, 0.5) is 0 Å². The largest absolute Gasteiger partial charge is 0.360 e. The van der Waals surface area contributed by atoms with Crippen LogP contribution in [0.5, 0.6) is 0 Å². The van der Waals surface area contributed by atoms with E-state index in [4.69, 9.17) is 14.3 Å². The highest BCUT2D eigenvalue weighted by Gasteiger charge is 2.17. The van der Waals surface area contributed by atoms with Crippen LogP contribution >= 0.6 is 0 Å². The zero-order chi connectivity index (χ0) is 14.8. The highest BCUT2D eigenvalue weighted by Crippen LogP contribution is 2.17. The van der Waals surface area contributed by atoms with E-state index in [2.05, 4.69) is 25.3 Å². The summed E-state index contributed by atoms with van der Waals surface area (Å²) in [5.74, 6) is 1.46. The number of nitriles is 1. The first-order chi connectivity index (χ1) is 10.2. The molecule has 8 heteroatoms. The molecular formula is C13H10N6O2. The van der Waals surface area contributed by atoms with Gasteiger partial charge in [0.05, 0.1) is 6.42 Å². The van der Waals surface area contributed by atoms with Gasteiger partial charge in [0.15, 0.2) is 5.76 Å². The van der Waals surface area contributed by atoms with Gasteiger partial charge in [0.25, 0.3) is 0 Å². The summed E-state index contributed by atoms with van der Waals surface area (Å²) in [7, 11) is 0. The molecule has 0 amide bonds. The van der Waals surface area contributed by atoms with Crippen LogP contribution in [-0.2, 0) is 6.42 Å². The normalized spacial score (nSPS) is 10.5. The van der Waals surface area contributed by atoms with E-state index in [1.54, 1.807) is 19.3 Å². The SMILES string of the molecule is Cc1cnc(-c2noc(Cc3noc(C)c3C#N)n2)nc1. The molecule has 0 atom stereocenters. The molecule has 0 saturated carbocycles. The van der Waals surface area contributed by atoms with Gasteiger partial charge in [0.2, 0.25) is 17.5 Å². The second kappa shape index (κ2) is 5.13. The predicted octanol–water partition coefficient (Wildman–Crippen LogP) is 1.59. The molecule has 8 nitrogen and oxygen atoms in total. The van der Waals surface area contributed by atoms with Gasteiger partial charge in [0.1, 0.15) is 17.3 Å². The monoisotopic (exact) mass is 282 g/mol. The van der Waals surface area contributed by atoms with Crippen LogP contribution in [0.1, 0.15) is 28.5 Å². The molecular weight excluding hydrogens is 272 g/mol. The van der Waals surface area contributed by atoms with Crippen LogP contribution in [0.3, 0.4) is 0 Å². The second-order valence-electron chi connectivity index (χ2n) is 4.44. The van der Waals surface area contributed by atoms with E-state index >= 15 is 0 Å². The molecule has 0 saturated heterocycles. The average molecular weight is 282 g/mol. The van der Waals surface area contributed by atoms with E-state index in [-0.39, 0.29) is 6.42 Å². The Morgan fingerprint density at radius 1 is 1.10 bits per heavy atom. The van der Waals surface area contributed by atoms with E-state index in [9.17, 15) is 0 Å². The zero-order valence-electron chi connectivity index (χ0n) is 11.4. The number of nitrogens with zero attached hydrogens (tertiary/aromatic N) is 6. The third kappa shape index (κ3) is 2.49. The third-order valence-electron chi connectivity index (χ3n) is 2.81. The summed E-state index contributed by atoms with van der Waals surface area (Å²) in [6, 6.07) is 2.04. The van der Waals surface area contributed by atoms with Crippen LogP contribution in [0.15, 0.2) is 21.4 Å². The second-order valence-corrected chi connectivity index (χ2v) is 4.44. The molecule has 0 unspecified atom stereocenters. The highest BCUT2D eigenvalue weighted by molar-refractivity contribution is 5.41. The Bertz CT molecular complexity index is 812. The maximum absolute atomic E-state index is 9.04. The lowest BCUT2D eigenvalue weighted by Crippen LogP contribution is -1.94. The molecule has 3 aromatic heterocycles. The van der Waals surface area contributed by atoms with Crippen molar-refractivity contribution >= 4 is 0 Å². The van der Waals surface area contributed by atoms with Crippen molar-refractivity contribution in [1.29, 1.82) is 5.26 Å². The zero-order valence-corrected chi connectivity index (χ0v) is 11.4. The first-order valence-electron chi connectivity index (χ1n) is 6.14. The van der Waals surface area contributed by atoms with Gasteiger partial charge < -0.3 is 9.05 Å². The Hall–Kier alpha value is -3.08. The number of hydrogen-bond acceptors (Lipinski definition) is 8. The van der Waals surface area contributed by atoms with E-state index in [1.165, 1.54) is 0 Å². The van der Waals surface area contributed by atoms with Gasteiger partial charge in [-0.1, -0.05) is 10.3 Å². The van der Waals surface area contributed by atoms with Crippen LogP contribution in [0.25, 0.3) is 11.6 Å². The van der Waals surface area contributed by atoms with Crippen molar-refractivity contribution < 1.29 is 9.05 Å². The van der Waals surface area contributed by atoms with Crippen molar-refractivity contribution in [2.24, 2.45) is 0 Å². The molecule has 0 bridgehead atoms. The first kappa shape index (κ1) is 12.9. The van der Waals surface area contributed by atoms with Gasteiger partial charge >= 0.3 is 0 Å². The molecule has 0 fully saturated rings. The minimum Gasteiger partial charge on any atom is -0.360 e. The van der Waals surface area contributed by atoms with Gasteiger partial charge in [-0.05, 0) is 19.4 Å². The standard InChI is InChI=1S/C13H10N6O2/c1-7-5-15-12(16-6-7)13-17-11(21-19-13)3-10-9(4-14)8(2)20-18-10/h5-6H,3H2,1-2H3. The molecule has 0 radical (unpaired) electrons. The number of hydrogen-bond donors (Lipinski definition) is 0. The van der Waals surface area contributed by atoms with Crippen molar-refractivity contribution in [3.63, 3.8) is 0 Å². The highest BCUT2D eigenvalue weighted by atomic mass is 16.5. The van der Waals surface area contributed by atoms with Gasteiger partial charge in [-0.15, -0.1) is 0 Å². The molecule has 0 aliphatic rings. The van der Waals surface area contributed by atoms with E-state index in [0.29, 0.717) is 34.6 Å².